The molecule has 1 N–H and O–H groups in total. The summed E-state index contributed by atoms with van der Waals surface area (Å²) in [6.07, 6.45) is 0. The number of rotatable bonds is 3. The van der Waals surface area contributed by atoms with Crippen LogP contribution in [0, 0.1) is 6.92 Å². The Labute approximate surface area is 120 Å². The number of hydrogen-bond donors (Lipinski definition) is 1. The zero-order valence-corrected chi connectivity index (χ0v) is 13.6. The molecule has 0 saturated heterocycles. The first-order valence-electron chi connectivity index (χ1n) is 6.40. The minimum atomic E-state index is -0.405. The van der Waals surface area contributed by atoms with Crippen molar-refractivity contribution < 1.29 is 5.11 Å². The molecule has 0 radical (unpaired) electrons. The molecule has 1 aromatic heterocycles. The van der Waals surface area contributed by atoms with Crippen LogP contribution in [0.1, 0.15) is 46.0 Å². The molecule has 0 saturated carbocycles. The second kappa shape index (κ2) is 5.25. The summed E-state index contributed by atoms with van der Waals surface area (Å²) in [6.45, 7) is 12.0. The number of aliphatic hydroxyl groups is 1. The van der Waals surface area contributed by atoms with E-state index in [1.165, 1.54) is 0 Å². The van der Waals surface area contributed by atoms with Crippen LogP contribution in [0.2, 0.25) is 5.15 Å². The molecule has 0 aliphatic carbocycles. The summed E-state index contributed by atoms with van der Waals surface area (Å²) in [5.41, 5.74) is 0.257. The van der Waals surface area contributed by atoms with Crippen LogP contribution in [0.5, 0.6) is 0 Å². The van der Waals surface area contributed by atoms with E-state index in [2.05, 4.69) is 30.7 Å². The summed E-state index contributed by atoms with van der Waals surface area (Å²) in [6, 6.07) is 0. The molecule has 1 heterocycles. The normalized spacial score (nSPS) is 12.7. The number of likely N-dealkylation sites (N-methyl/N-ethyl adjacent to an activating group) is 1. The van der Waals surface area contributed by atoms with E-state index in [0.29, 0.717) is 11.0 Å². The molecular formula is C14H24ClN3O. The summed E-state index contributed by atoms with van der Waals surface area (Å²) in [5, 5.41) is 9.97. The second-order valence-corrected chi connectivity index (χ2v) is 6.92. The minimum Gasteiger partial charge on any atom is -0.394 e. The van der Waals surface area contributed by atoms with E-state index >= 15 is 0 Å². The van der Waals surface area contributed by atoms with E-state index in [1.807, 2.05) is 32.7 Å². The highest BCUT2D eigenvalue weighted by molar-refractivity contribution is 6.30. The Morgan fingerprint density at radius 2 is 1.68 bits per heavy atom. The molecule has 5 heteroatoms. The number of nitrogens with zero attached hydrogens (tertiary/aromatic N) is 3. The van der Waals surface area contributed by atoms with Crippen molar-refractivity contribution in [2.45, 2.75) is 52.5 Å². The van der Waals surface area contributed by atoms with Crippen molar-refractivity contribution in [3.63, 3.8) is 0 Å². The van der Waals surface area contributed by atoms with Gasteiger partial charge in [0, 0.05) is 18.0 Å². The molecule has 0 aromatic carbocycles. The van der Waals surface area contributed by atoms with Gasteiger partial charge in [0.2, 0.25) is 0 Å². The van der Waals surface area contributed by atoms with Gasteiger partial charge in [-0.2, -0.15) is 0 Å². The Morgan fingerprint density at radius 3 is 2.11 bits per heavy atom. The highest BCUT2D eigenvalue weighted by atomic mass is 35.5. The zero-order chi connectivity index (χ0) is 15.0. The van der Waals surface area contributed by atoms with Crippen LogP contribution in [0.15, 0.2) is 0 Å². The van der Waals surface area contributed by atoms with E-state index < -0.39 is 5.54 Å². The van der Waals surface area contributed by atoms with Crippen molar-refractivity contribution in [2.75, 3.05) is 18.6 Å². The summed E-state index contributed by atoms with van der Waals surface area (Å²) in [5.74, 6) is 1.47. The number of hydrogen-bond acceptors (Lipinski definition) is 4. The first kappa shape index (κ1) is 16.2. The van der Waals surface area contributed by atoms with Crippen LogP contribution in [0.25, 0.3) is 0 Å². The Bertz CT molecular complexity index is 466. The van der Waals surface area contributed by atoms with Crippen molar-refractivity contribution in [1.29, 1.82) is 0 Å². The molecule has 0 unspecified atom stereocenters. The lowest BCUT2D eigenvalue weighted by molar-refractivity contribution is 0.215. The van der Waals surface area contributed by atoms with Crippen LogP contribution >= 0.6 is 11.6 Å². The molecule has 0 amide bonds. The molecule has 0 bridgehead atoms. The third-order valence-corrected chi connectivity index (χ3v) is 3.71. The Hall–Kier alpha value is -0.870. The van der Waals surface area contributed by atoms with Crippen LogP contribution in [0.3, 0.4) is 0 Å². The number of aliphatic hydroxyl groups excluding tert-OH is 1. The predicted molar refractivity (Wildman–Crippen MR) is 80.0 cm³/mol. The van der Waals surface area contributed by atoms with Gasteiger partial charge in [-0.3, -0.25) is 0 Å². The van der Waals surface area contributed by atoms with Crippen LogP contribution in [-0.4, -0.2) is 34.3 Å². The van der Waals surface area contributed by atoms with Gasteiger partial charge in [0.1, 0.15) is 16.8 Å². The van der Waals surface area contributed by atoms with Crippen LogP contribution in [-0.2, 0) is 5.41 Å². The van der Waals surface area contributed by atoms with Crippen molar-refractivity contribution in [2.24, 2.45) is 0 Å². The molecule has 1 aromatic rings. The van der Waals surface area contributed by atoms with Crippen molar-refractivity contribution in [3.8, 4) is 0 Å². The fraction of sp³-hybridized carbons (Fsp3) is 0.714. The minimum absolute atomic E-state index is 0.0371. The number of halogens is 1. The SMILES string of the molecule is Cc1c(Cl)nc(C(C)(C)C)nc1N(C)C(C)(C)CO. The topological polar surface area (TPSA) is 49.2 Å². The number of anilines is 1. The molecule has 0 aliphatic rings. The van der Waals surface area contributed by atoms with Gasteiger partial charge in [0.05, 0.1) is 12.1 Å². The quantitative estimate of drug-likeness (QED) is 0.868. The maximum Gasteiger partial charge on any atom is 0.137 e. The van der Waals surface area contributed by atoms with Gasteiger partial charge in [0.15, 0.2) is 0 Å². The van der Waals surface area contributed by atoms with Gasteiger partial charge in [-0.1, -0.05) is 32.4 Å². The van der Waals surface area contributed by atoms with E-state index in [0.717, 1.165) is 11.4 Å². The van der Waals surface area contributed by atoms with Gasteiger partial charge in [-0.15, -0.1) is 0 Å². The monoisotopic (exact) mass is 285 g/mol. The smallest absolute Gasteiger partial charge is 0.137 e. The Kier molecular flexibility index (Phi) is 4.47. The maximum atomic E-state index is 9.50. The van der Waals surface area contributed by atoms with E-state index in [-0.39, 0.29) is 12.0 Å². The lowest BCUT2D eigenvalue weighted by Crippen LogP contribution is -2.45. The largest absolute Gasteiger partial charge is 0.394 e. The van der Waals surface area contributed by atoms with Gasteiger partial charge >= 0.3 is 0 Å². The standard InChI is InChI=1S/C14H24ClN3O/c1-9-10(15)16-12(13(2,3)4)17-11(9)18(7)14(5,6)8-19/h19H,8H2,1-7H3. The molecular weight excluding hydrogens is 262 g/mol. The van der Waals surface area contributed by atoms with Crippen LogP contribution in [0.4, 0.5) is 5.82 Å². The molecule has 19 heavy (non-hydrogen) atoms. The number of aromatic nitrogens is 2. The molecule has 1 rings (SSSR count). The van der Waals surface area contributed by atoms with Crippen molar-refractivity contribution in [1.82, 2.24) is 9.97 Å². The summed E-state index contributed by atoms with van der Waals surface area (Å²) in [4.78, 5) is 10.9. The molecule has 0 fully saturated rings. The molecule has 4 nitrogen and oxygen atoms in total. The summed E-state index contributed by atoms with van der Waals surface area (Å²) < 4.78 is 0. The molecule has 0 spiro atoms. The first-order valence-corrected chi connectivity index (χ1v) is 6.78. The summed E-state index contributed by atoms with van der Waals surface area (Å²) >= 11 is 6.22. The Morgan fingerprint density at radius 1 is 1.16 bits per heavy atom. The van der Waals surface area contributed by atoms with Gasteiger partial charge < -0.3 is 10.0 Å². The van der Waals surface area contributed by atoms with Gasteiger partial charge in [-0.25, -0.2) is 9.97 Å². The predicted octanol–water partition coefficient (Wildman–Crippen LogP) is 2.94. The van der Waals surface area contributed by atoms with Crippen molar-refractivity contribution >= 4 is 17.4 Å². The zero-order valence-electron chi connectivity index (χ0n) is 12.9. The lowest BCUT2D eigenvalue weighted by atomic mass is 9.95. The van der Waals surface area contributed by atoms with E-state index in [1.54, 1.807) is 0 Å². The van der Waals surface area contributed by atoms with Gasteiger partial charge in [0.25, 0.3) is 0 Å². The molecule has 108 valence electrons. The van der Waals surface area contributed by atoms with E-state index in [9.17, 15) is 5.11 Å². The Balaban J connectivity index is 3.39. The second-order valence-electron chi connectivity index (χ2n) is 6.57. The summed E-state index contributed by atoms with van der Waals surface area (Å²) in [7, 11) is 1.91. The van der Waals surface area contributed by atoms with Gasteiger partial charge in [-0.05, 0) is 20.8 Å². The average molecular weight is 286 g/mol. The van der Waals surface area contributed by atoms with Crippen LogP contribution < -0.4 is 4.90 Å². The first-order chi connectivity index (χ1) is 8.50. The van der Waals surface area contributed by atoms with E-state index in [4.69, 9.17) is 11.6 Å². The maximum absolute atomic E-state index is 9.50. The average Bonchev–Trinajstić information content (AvgIpc) is 2.30. The third-order valence-electron chi connectivity index (χ3n) is 3.34. The fourth-order valence-corrected chi connectivity index (χ4v) is 1.70. The molecule has 0 atom stereocenters. The van der Waals surface area contributed by atoms with Crippen molar-refractivity contribution in [3.05, 3.63) is 16.5 Å². The third kappa shape index (κ3) is 3.37. The lowest BCUT2D eigenvalue weighted by Gasteiger charge is -2.36. The fourth-order valence-electron chi connectivity index (χ4n) is 1.53. The highest BCUT2D eigenvalue weighted by Gasteiger charge is 2.28. The molecule has 0 aliphatic heterocycles. The highest BCUT2D eigenvalue weighted by Crippen LogP contribution is 2.30.